The third kappa shape index (κ3) is 2.99. The largest absolute Gasteiger partial charge is 0.350 e. The lowest BCUT2D eigenvalue weighted by Crippen LogP contribution is -2.06. The van der Waals surface area contributed by atoms with Crippen LogP contribution in [0, 0.1) is 27.1 Å². The van der Waals surface area contributed by atoms with Gasteiger partial charge in [0, 0.05) is 8.04 Å². The third-order valence-corrected chi connectivity index (χ3v) is 3.52. The van der Waals surface area contributed by atoms with Gasteiger partial charge in [-0.05, 0) is 56.7 Å². The molecule has 0 fully saturated rings. The van der Waals surface area contributed by atoms with Gasteiger partial charge in [-0.1, -0.05) is 0 Å². The van der Waals surface area contributed by atoms with Gasteiger partial charge in [-0.2, -0.15) is 22.5 Å². The number of hydrogen-bond acceptors (Lipinski definition) is 2. The summed E-state index contributed by atoms with van der Waals surface area (Å²) < 4.78 is 54.1. The maximum atomic E-state index is 13.4. The van der Waals surface area contributed by atoms with Gasteiger partial charge in [0.2, 0.25) is 11.6 Å². The molecule has 0 spiro atoms. The van der Waals surface area contributed by atoms with Crippen molar-refractivity contribution in [3.63, 3.8) is 0 Å². The predicted molar refractivity (Wildman–Crippen MR) is 74.2 cm³/mol. The first-order valence-electron chi connectivity index (χ1n) is 4.82. The van der Waals surface area contributed by atoms with E-state index in [-0.39, 0.29) is 5.69 Å². The second-order valence-electron chi connectivity index (χ2n) is 3.45. The Bertz CT molecular complexity index is 625. The molecule has 2 rings (SSSR count). The molecule has 8 heteroatoms. The zero-order valence-corrected chi connectivity index (χ0v) is 12.7. The van der Waals surface area contributed by atoms with Crippen molar-refractivity contribution in [2.45, 2.75) is 0 Å². The van der Waals surface area contributed by atoms with Crippen LogP contribution in [-0.2, 0) is 0 Å². The molecule has 0 unspecified atom stereocenters. The quantitative estimate of drug-likeness (QED) is 0.409. The Morgan fingerprint density at radius 1 is 1.05 bits per heavy atom. The van der Waals surface area contributed by atoms with Crippen LogP contribution in [0.5, 0.6) is 0 Å². The van der Waals surface area contributed by atoms with E-state index in [1.165, 1.54) is 6.07 Å². The summed E-state index contributed by atoms with van der Waals surface area (Å²) in [5, 5.41) is 2.30. The van der Waals surface area contributed by atoms with Crippen molar-refractivity contribution < 1.29 is 17.6 Å². The maximum absolute atomic E-state index is 13.4. The van der Waals surface area contributed by atoms with Crippen molar-refractivity contribution in [3.05, 3.63) is 49.8 Å². The number of nitrogens with zero attached hydrogens (tertiary/aromatic N) is 1. The van der Waals surface area contributed by atoms with Gasteiger partial charge in [-0.15, -0.1) is 0 Å². The van der Waals surface area contributed by atoms with Crippen LogP contribution in [-0.4, -0.2) is 4.98 Å². The van der Waals surface area contributed by atoms with Gasteiger partial charge in [-0.3, -0.25) is 0 Å². The number of halogens is 6. The average molecular weight is 447 g/mol. The molecule has 0 saturated carbocycles. The smallest absolute Gasteiger partial charge is 0.253 e. The molecule has 0 saturated heterocycles. The molecule has 0 atom stereocenters. The van der Waals surface area contributed by atoms with Gasteiger partial charge >= 0.3 is 0 Å². The molecular weight excluding hydrogens is 443 g/mol. The lowest BCUT2D eigenvalue weighted by molar-refractivity contribution is 0.411. The molecule has 0 aliphatic rings. The monoisotopic (exact) mass is 446 g/mol. The van der Waals surface area contributed by atoms with Crippen LogP contribution >= 0.6 is 38.5 Å². The number of pyridine rings is 1. The summed E-state index contributed by atoms with van der Waals surface area (Å²) in [5.41, 5.74) is -0.657. The van der Waals surface area contributed by atoms with Gasteiger partial charge in [0.1, 0.15) is 5.69 Å². The van der Waals surface area contributed by atoms with Crippen molar-refractivity contribution in [3.8, 4) is 0 Å². The van der Waals surface area contributed by atoms with Crippen molar-refractivity contribution in [1.29, 1.82) is 0 Å². The molecule has 1 N–H and O–H groups in total. The Labute approximate surface area is 127 Å². The van der Waals surface area contributed by atoms with Gasteiger partial charge in [-0.25, -0.2) is 0 Å². The van der Waals surface area contributed by atoms with Crippen LogP contribution in [0.25, 0.3) is 0 Å². The number of anilines is 2. The Kier molecular flexibility index (Phi) is 4.29. The lowest BCUT2D eigenvalue weighted by atomic mass is 10.3. The van der Waals surface area contributed by atoms with Crippen LogP contribution in [0.15, 0.2) is 22.7 Å². The topological polar surface area (TPSA) is 24.9 Å². The second-order valence-corrected chi connectivity index (χ2v) is 5.55. The van der Waals surface area contributed by atoms with E-state index in [9.17, 15) is 17.6 Å². The summed E-state index contributed by atoms with van der Waals surface area (Å²) in [7, 11) is 0. The first-order valence-corrected chi connectivity index (χ1v) is 6.69. The number of hydrogen-bond donors (Lipinski definition) is 1. The average Bonchev–Trinajstić information content (AvgIpc) is 2.34. The fourth-order valence-electron chi connectivity index (χ4n) is 1.32. The van der Waals surface area contributed by atoms with E-state index in [1.807, 2.05) is 22.6 Å². The lowest BCUT2D eigenvalue weighted by Gasteiger charge is -2.11. The predicted octanol–water partition coefficient (Wildman–Crippen LogP) is 4.75. The molecule has 0 bridgehead atoms. The fraction of sp³-hybridized carbons (Fsp3) is 0. The molecular formula is C11H4BrF4IN2. The Morgan fingerprint density at radius 2 is 1.63 bits per heavy atom. The first kappa shape index (κ1) is 14.5. The molecule has 0 radical (unpaired) electrons. The Balaban J connectivity index is 2.49. The molecule has 100 valence electrons. The van der Waals surface area contributed by atoms with E-state index in [1.54, 1.807) is 12.1 Å². The summed E-state index contributed by atoms with van der Waals surface area (Å²) in [6.07, 6.45) is 0. The van der Waals surface area contributed by atoms with Gasteiger partial charge in [0.15, 0.2) is 0 Å². The van der Waals surface area contributed by atoms with Crippen molar-refractivity contribution in [2.75, 3.05) is 5.32 Å². The number of nitrogens with one attached hydrogen (secondary N) is 1. The van der Waals surface area contributed by atoms with E-state index < -0.39 is 29.2 Å². The van der Waals surface area contributed by atoms with E-state index in [4.69, 9.17) is 0 Å². The van der Waals surface area contributed by atoms with Crippen LogP contribution in [0.2, 0.25) is 0 Å². The molecule has 1 aromatic heterocycles. The van der Waals surface area contributed by atoms with Crippen molar-refractivity contribution >= 4 is 49.9 Å². The first-order chi connectivity index (χ1) is 8.90. The zero-order valence-electron chi connectivity index (χ0n) is 8.95. The molecule has 2 nitrogen and oxygen atoms in total. The van der Waals surface area contributed by atoms with E-state index in [0.29, 0.717) is 4.47 Å². The van der Waals surface area contributed by atoms with E-state index in [2.05, 4.69) is 26.2 Å². The number of aromatic nitrogens is 1. The second kappa shape index (κ2) is 5.61. The normalized spacial score (nSPS) is 10.6. The minimum absolute atomic E-state index is 0.267. The molecule has 0 aliphatic carbocycles. The van der Waals surface area contributed by atoms with Gasteiger partial charge < -0.3 is 5.32 Å². The molecule has 1 aromatic carbocycles. The SMILES string of the molecule is Fc1nc(F)c(F)c(Nc2ccc(I)cc2Br)c1F. The van der Waals surface area contributed by atoms with Crippen LogP contribution < -0.4 is 5.32 Å². The summed E-state index contributed by atoms with van der Waals surface area (Å²) in [6, 6.07) is 4.85. The van der Waals surface area contributed by atoms with Crippen LogP contribution in [0.1, 0.15) is 0 Å². The fourth-order valence-corrected chi connectivity index (χ4v) is 2.72. The summed E-state index contributed by atoms with van der Waals surface area (Å²) >= 11 is 5.22. The molecule has 0 aliphatic heterocycles. The maximum Gasteiger partial charge on any atom is 0.253 e. The Hall–Kier alpha value is -0.900. The molecule has 2 aromatic rings. The van der Waals surface area contributed by atoms with Crippen molar-refractivity contribution in [2.24, 2.45) is 0 Å². The highest BCUT2D eigenvalue weighted by Crippen LogP contribution is 2.31. The minimum atomic E-state index is -1.71. The van der Waals surface area contributed by atoms with E-state index >= 15 is 0 Å². The summed E-state index contributed by atoms with van der Waals surface area (Å²) in [4.78, 5) is 2.48. The number of rotatable bonds is 2. The summed E-state index contributed by atoms with van der Waals surface area (Å²) in [5.74, 6) is -6.57. The van der Waals surface area contributed by atoms with Gasteiger partial charge in [0.05, 0.1) is 5.69 Å². The zero-order chi connectivity index (χ0) is 14.2. The highest BCUT2D eigenvalue weighted by molar-refractivity contribution is 14.1. The molecule has 0 amide bonds. The highest BCUT2D eigenvalue weighted by Gasteiger charge is 2.21. The van der Waals surface area contributed by atoms with Crippen LogP contribution in [0.4, 0.5) is 28.9 Å². The van der Waals surface area contributed by atoms with Gasteiger partial charge in [0.25, 0.3) is 11.9 Å². The molecule has 1 heterocycles. The Morgan fingerprint density at radius 3 is 2.16 bits per heavy atom. The van der Waals surface area contributed by atoms with Crippen molar-refractivity contribution in [1.82, 2.24) is 4.98 Å². The minimum Gasteiger partial charge on any atom is -0.350 e. The highest BCUT2D eigenvalue weighted by atomic mass is 127. The summed E-state index contributed by atoms with van der Waals surface area (Å²) in [6.45, 7) is 0. The molecule has 19 heavy (non-hydrogen) atoms. The van der Waals surface area contributed by atoms with Crippen LogP contribution in [0.3, 0.4) is 0 Å². The number of benzene rings is 1. The standard InChI is InChI=1S/C11H4BrF4IN2/c12-5-3-4(17)1-2-6(5)18-9-7(13)10(15)19-11(16)8(9)14/h1-3H,(H,18,19). The van der Waals surface area contributed by atoms with E-state index in [0.717, 1.165) is 3.57 Å². The third-order valence-electron chi connectivity index (χ3n) is 2.19.